The maximum absolute atomic E-state index is 17.1. The molecule has 28 heteroatoms. The molecule has 10 atom stereocenters. The fourth-order valence-corrected chi connectivity index (χ4v) is 10.7. The Hall–Kier alpha value is -5.57. The number of aliphatic hydroxyl groups is 1. The molecule has 0 spiro atoms. The lowest BCUT2D eigenvalue weighted by atomic mass is 10.0. The van der Waals surface area contributed by atoms with E-state index in [0.717, 1.165) is 6.33 Å². The van der Waals surface area contributed by atoms with Crippen LogP contribution in [0.15, 0.2) is 74.6 Å². The molecule has 2 aliphatic heterocycles. The van der Waals surface area contributed by atoms with Crippen molar-refractivity contribution in [3.05, 3.63) is 91.6 Å². The number of anilines is 1. The van der Waals surface area contributed by atoms with Crippen LogP contribution in [0.25, 0.3) is 32.8 Å². The molecule has 2 saturated heterocycles. The van der Waals surface area contributed by atoms with Crippen molar-refractivity contribution in [1.82, 2.24) is 48.7 Å². The van der Waals surface area contributed by atoms with Gasteiger partial charge < -0.3 is 38.3 Å². The minimum absolute atomic E-state index is 0.0231. The van der Waals surface area contributed by atoms with Gasteiger partial charge in [0.1, 0.15) is 56.2 Å². The summed E-state index contributed by atoms with van der Waals surface area (Å²) in [6.45, 7) is 6.43. The number of aromatic nitrogens is 10. The maximum atomic E-state index is 17.1. The first-order chi connectivity index (χ1) is 32.0. The third-order valence-corrected chi connectivity index (χ3v) is 14.1. The maximum Gasteiger partial charge on any atom is 0.475 e. The minimum atomic E-state index is -4.66. The molecule has 0 saturated carbocycles. The smallest absolute Gasteiger partial charge is 0.394 e. The van der Waals surface area contributed by atoms with Crippen molar-refractivity contribution in [2.75, 3.05) is 44.9 Å². The summed E-state index contributed by atoms with van der Waals surface area (Å²) in [5.74, 6) is -1.03. The van der Waals surface area contributed by atoms with Crippen LogP contribution < -0.4 is 5.32 Å². The van der Waals surface area contributed by atoms with Crippen LogP contribution in [0.2, 0.25) is 0 Å². The first kappa shape index (κ1) is 46.9. The number of carbonyl (C=O) groups excluding carboxylic acids is 1. The lowest BCUT2D eigenvalue weighted by molar-refractivity contribution is -0.0540. The molecule has 66 heavy (non-hydrogen) atoms. The van der Waals surface area contributed by atoms with Crippen LogP contribution in [0.1, 0.15) is 36.2 Å². The van der Waals surface area contributed by atoms with Crippen molar-refractivity contribution >= 4 is 66.0 Å². The van der Waals surface area contributed by atoms with Crippen molar-refractivity contribution in [2.24, 2.45) is 5.92 Å². The van der Waals surface area contributed by atoms with E-state index in [0.29, 0.717) is 22.4 Å². The molecule has 0 aliphatic carbocycles. The zero-order valence-electron chi connectivity index (χ0n) is 34.7. The number of phosphoric acid groups is 1. The molecule has 24 nitrogen and oxygen atoms in total. The minimum Gasteiger partial charge on any atom is -0.394 e. The number of nitriles is 1. The van der Waals surface area contributed by atoms with Gasteiger partial charge in [0.05, 0.1) is 51.6 Å². The second-order valence-electron chi connectivity index (χ2n) is 14.5. The quantitative estimate of drug-likeness (QED) is 0.0434. The lowest BCUT2D eigenvalue weighted by Gasteiger charge is -2.30. The second-order valence-corrected chi connectivity index (χ2v) is 19.0. The third-order valence-electron chi connectivity index (χ3n) is 10.3. The summed E-state index contributed by atoms with van der Waals surface area (Å²) < 4.78 is 83.3. The Morgan fingerprint density at radius 3 is 2.47 bits per heavy atom. The number of alkyl halides is 1. The van der Waals surface area contributed by atoms with Gasteiger partial charge in [-0.25, -0.2) is 49.9 Å². The molecule has 1 amide bonds. The molecule has 5 aromatic heterocycles. The van der Waals surface area contributed by atoms with Gasteiger partial charge in [-0.2, -0.15) is 10.4 Å². The zero-order chi connectivity index (χ0) is 46.4. The summed E-state index contributed by atoms with van der Waals surface area (Å²) in [5.41, 5.74) is 1.81. The van der Waals surface area contributed by atoms with Gasteiger partial charge in [0.2, 0.25) is 6.54 Å². The molecular formula is C38H40FN13O11P2S. The zero-order valence-corrected chi connectivity index (χ0v) is 37.3. The Morgan fingerprint density at radius 1 is 0.970 bits per heavy atom. The number of fused-ring (bicyclic) bond motifs is 4. The Morgan fingerprint density at radius 2 is 1.71 bits per heavy atom. The molecular weight excluding hydrogens is 928 g/mol. The monoisotopic (exact) mass is 967 g/mol. The predicted molar refractivity (Wildman–Crippen MR) is 230 cm³/mol. The number of phosphoric ester groups is 1. The van der Waals surface area contributed by atoms with Crippen LogP contribution in [0.5, 0.6) is 0 Å². The van der Waals surface area contributed by atoms with E-state index in [1.165, 1.54) is 40.5 Å². The Bertz CT molecular complexity index is 2880. The number of imidazole rings is 2. The Labute approximate surface area is 379 Å². The molecule has 2 aliphatic rings. The van der Waals surface area contributed by atoms with Crippen molar-refractivity contribution in [3.63, 3.8) is 0 Å². The number of hydrogen-bond donors (Lipinski definition) is 2. The average molecular weight is 968 g/mol. The van der Waals surface area contributed by atoms with E-state index >= 15 is 4.39 Å². The van der Waals surface area contributed by atoms with E-state index < -0.39 is 89.2 Å². The summed E-state index contributed by atoms with van der Waals surface area (Å²) >= 11 is 5.91. The van der Waals surface area contributed by atoms with Crippen molar-refractivity contribution in [3.8, 4) is 6.07 Å². The highest BCUT2D eigenvalue weighted by atomic mass is 32.5. The number of amides is 1. The predicted octanol–water partition coefficient (Wildman–Crippen LogP) is 4.52. The largest absolute Gasteiger partial charge is 0.475 e. The van der Waals surface area contributed by atoms with Gasteiger partial charge in [-0.05, 0) is 23.9 Å². The molecule has 346 valence electrons. The van der Waals surface area contributed by atoms with Crippen LogP contribution in [-0.2, 0) is 53.0 Å². The number of hydrogen-bond acceptors (Lipinski definition) is 20. The summed E-state index contributed by atoms with van der Waals surface area (Å²) in [5, 5.41) is 26.5. The molecule has 1 aromatic carbocycles. The second kappa shape index (κ2) is 20.5. The molecule has 2 fully saturated rings. The van der Waals surface area contributed by atoms with E-state index in [4.69, 9.17) is 60.3 Å². The molecule has 2 unspecified atom stereocenters. The first-order valence-electron chi connectivity index (χ1n) is 20.1. The number of aliphatic hydroxyl groups excluding tert-OH is 1. The van der Waals surface area contributed by atoms with Crippen molar-refractivity contribution in [1.29, 1.82) is 5.26 Å². The number of halogens is 1. The summed E-state index contributed by atoms with van der Waals surface area (Å²) in [7, 11) is -4.66. The number of carbonyl (C=O) groups is 1. The Kier molecular flexibility index (Phi) is 14.6. The van der Waals surface area contributed by atoms with E-state index in [1.807, 2.05) is 6.07 Å². The van der Waals surface area contributed by atoms with Gasteiger partial charge in [0.25, 0.3) is 5.91 Å². The molecule has 0 radical (unpaired) electrons. The normalized spacial score (nSPS) is 24.8. The fourth-order valence-electron chi connectivity index (χ4n) is 7.23. The van der Waals surface area contributed by atoms with Gasteiger partial charge in [0, 0.05) is 11.5 Å². The van der Waals surface area contributed by atoms with Gasteiger partial charge in [0.15, 0.2) is 46.2 Å². The summed E-state index contributed by atoms with van der Waals surface area (Å²) in [6, 6.07) is 10.2. The van der Waals surface area contributed by atoms with Crippen LogP contribution in [0.3, 0.4) is 0 Å². The van der Waals surface area contributed by atoms with Crippen LogP contribution in [-0.4, -0.2) is 130 Å². The van der Waals surface area contributed by atoms with Crippen LogP contribution in [0.4, 0.5) is 10.2 Å². The molecule has 0 bridgehead atoms. The topological polar surface area (TPSA) is 273 Å². The SMILES string of the molecule is [C-]#[N+]CCOP(=S)(OC[C@H]1O[C@@H](n2cnc3c(NC(=O)c4ccccc4)ncnc32)[C@H](F)[C@@H]1OP(=O)(OCC=C)OCCC#N)O[C@H]1[C@@H](C)[C@H](n2cnc3c2ncn2ncnc32)O[C@@H]1CO. The molecule has 7 heterocycles. The van der Waals surface area contributed by atoms with E-state index in [9.17, 15) is 14.5 Å². The first-order valence-corrected chi connectivity index (χ1v) is 24.1. The van der Waals surface area contributed by atoms with E-state index in [-0.39, 0.29) is 43.2 Å². The number of nitrogens with zero attached hydrogens (tertiary/aromatic N) is 12. The van der Waals surface area contributed by atoms with Crippen molar-refractivity contribution in [2.45, 2.75) is 56.4 Å². The third kappa shape index (κ3) is 9.77. The van der Waals surface area contributed by atoms with Gasteiger partial charge >= 0.3 is 14.5 Å². The summed E-state index contributed by atoms with van der Waals surface area (Å²) in [6.07, 6.45) is -2.03. The number of ether oxygens (including phenoxy) is 2. The van der Waals surface area contributed by atoms with Gasteiger partial charge in [-0.1, -0.05) is 31.2 Å². The van der Waals surface area contributed by atoms with Gasteiger partial charge in [-0.3, -0.25) is 27.5 Å². The van der Waals surface area contributed by atoms with E-state index in [1.54, 1.807) is 41.8 Å². The molecule has 6 aromatic rings. The summed E-state index contributed by atoms with van der Waals surface area (Å²) in [4.78, 5) is 42.4. The van der Waals surface area contributed by atoms with Crippen LogP contribution >= 0.6 is 14.5 Å². The van der Waals surface area contributed by atoms with Gasteiger partial charge in [-0.15, -0.1) is 6.58 Å². The molecule has 2 N–H and O–H groups in total. The fraction of sp³-hybridized carbons (Fsp3) is 0.421. The van der Waals surface area contributed by atoms with Crippen molar-refractivity contribution < 1.29 is 55.5 Å². The number of nitrogens with one attached hydrogen (secondary N) is 1. The highest BCUT2D eigenvalue weighted by Gasteiger charge is 2.53. The standard InChI is InChI=1S/C38H40FN13O11P2S/c1-4-13-56-64(55,57-14-8-11-40)62-31-26(61-38(27(31)39)51-20-45-28-32(42-18-43-33(28)51)49-36(54)24-9-6-5-7-10-24)17-59-65(66,58-15-12-41-3)63-30-23(2)37(60-25(30)16-53)50-21-46-29-34(50)47-22-52-35(29)44-19-48-52/h4-7,9-10,18-23,25-27,30-31,37-38,53H,1,8,12-17H2,2H3,(H,42,43,49,54)/t23-,25-,26-,27-,30+,31-,37-,38-,64?,65?/m1/s1. The highest BCUT2D eigenvalue weighted by molar-refractivity contribution is 8.07. The lowest BCUT2D eigenvalue weighted by Crippen LogP contribution is -2.35. The Balaban J connectivity index is 1.07. The average Bonchev–Trinajstić information content (AvgIpc) is 4.17. The van der Waals surface area contributed by atoms with E-state index in [2.05, 4.69) is 51.7 Å². The number of rotatable bonds is 21. The molecule has 8 rings (SSSR count). The van der Waals surface area contributed by atoms with Crippen LogP contribution in [0, 0.1) is 23.8 Å². The highest BCUT2D eigenvalue weighted by Crippen LogP contribution is 2.57. The number of benzene rings is 1.